The number of halogens is 2. The molecule has 0 saturated heterocycles. The Balaban J connectivity index is 2.09. The predicted molar refractivity (Wildman–Crippen MR) is 73.7 cm³/mol. The van der Waals surface area contributed by atoms with Crippen LogP contribution in [0.25, 0.3) is 0 Å². The molecule has 0 aromatic heterocycles. The highest BCUT2D eigenvalue weighted by molar-refractivity contribution is 6.30. The molecule has 2 rings (SSSR count). The molecular formula is C14H12ClFN2. The maximum atomic E-state index is 12.8. The highest BCUT2D eigenvalue weighted by atomic mass is 35.5. The van der Waals surface area contributed by atoms with Crippen molar-refractivity contribution in [1.82, 2.24) is 0 Å². The monoisotopic (exact) mass is 262 g/mol. The molecule has 0 aliphatic carbocycles. The van der Waals surface area contributed by atoms with E-state index in [4.69, 9.17) is 11.6 Å². The van der Waals surface area contributed by atoms with Crippen molar-refractivity contribution in [3.8, 4) is 0 Å². The Morgan fingerprint density at radius 2 is 1.67 bits per heavy atom. The lowest BCUT2D eigenvalue weighted by atomic mass is 10.1. The number of rotatable bonds is 3. The maximum absolute atomic E-state index is 12.8. The van der Waals surface area contributed by atoms with Gasteiger partial charge < -0.3 is 0 Å². The third kappa shape index (κ3) is 3.31. The standard InChI is InChI=1S/C14H12ClFN2/c1-10(11-2-6-13(16)7-3-11)17-18-14-8-4-12(15)5-9-14/h2-9,18H,1H3/b17-10-. The van der Waals surface area contributed by atoms with E-state index in [9.17, 15) is 4.39 Å². The van der Waals surface area contributed by atoms with Crippen LogP contribution in [-0.2, 0) is 0 Å². The summed E-state index contributed by atoms with van der Waals surface area (Å²) in [5.41, 5.74) is 5.42. The second-order valence-electron chi connectivity index (χ2n) is 3.82. The lowest BCUT2D eigenvalue weighted by Crippen LogP contribution is -1.99. The van der Waals surface area contributed by atoms with Crippen molar-refractivity contribution in [2.75, 3.05) is 5.43 Å². The van der Waals surface area contributed by atoms with E-state index < -0.39 is 0 Å². The Morgan fingerprint density at radius 3 is 2.28 bits per heavy atom. The highest BCUT2D eigenvalue weighted by Crippen LogP contribution is 2.13. The number of benzene rings is 2. The van der Waals surface area contributed by atoms with Crippen LogP contribution in [0.1, 0.15) is 12.5 Å². The summed E-state index contributed by atoms with van der Waals surface area (Å²) in [5, 5.41) is 4.91. The molecule has 4 heteroatoms. The topological polar surface area (TPSA) is 24.4 Å². The fourth-order valence-corrected chi connectivity index (χ4v) is 1.55. The molecule has 2 nitrogen and oxygen atoms in total. The SMILES string of the molecule is C/C(=N/Nc1ccc(Cl)cc1)c1ccc(F)cc1. The first-order valence-electron chi connectivity index (χ1n) is 5.47. The second kappa shape index (κ2) is 5.65. The first kappa shape index (κ1) is 12.6. The molecule has 0 saturated carbocycles. The molecule has 0 radical (unpaired) electrons. The van der Waals surface area contributed by atoms with E-state index in [0.29, 0.717) is 5.02 Å². The van der Waals surface area contributed by atoms with Gasteiger partial charge in [-0.1, -0.05) is 23.7 Å². The molecule has 2 aromatic rings. The van der Waals surface area contributed by atoms with Gasteiger partial charge in [0.1, 0.15) is 5.82 Å². The van der Waals surface area contributed by atoms with Crippen molar-refractivity contribution in [3.63, 3.8) is 0 Å². The number of anilines is 1. The van der Waals surface area contributed by atoms with Gasteiger partial charge >= 0.3 is 0 Å². The molecule has 0 bridgehead atoms. The Morgan fingerprint density at radius 1 is 1.06 bits per heavy atom. The molecule has 0 atom stereocenters. The smallest absolute Gasteiger partial charge is 0.123 e. The van der Waals surface area contributed by atoms with Crippen molar-refractivity contribution in [1.29, 1.82) is 0 Å². The van der Waals surface area contributed by atoms with Crippen LogP contribution in [0.15, 0.2) is 53.6 Å². The summed E-state index contributed by atoms with van der Waals surface area (Å²) in [6.07, 6.45) is 0. The van der Waals surface area contributed by atoms with Crippen molar-refractivity contribution in [2.45, 2.75) is 6.92 Å². The average Bonchev–Trinajstić information content (AvgIpc) is 2.38. The first-order valence-corrected chi connectivity index (χ1v) is 5.85. The molecule has 1 N–H and O–H groups in total. The molecule has 0 fully saturated rings. The molecule has 0 spiro atoms. The fourth-order valence-electron chi connectivity index (χ4n) is 1.43. The van der Waals surface area contributed by atoms with Gasteiger partial charge in [0.25, 0.3) is 0 Å². The molecule has 2 aromatic carbocycles. The quantitative estimate of drug-likeness (QED) is 0.647. The molecule has 0 aliphatic heterocycles. The van der Waals surface area contributed by atoms with Gasteiger partial charge in [-0.05, 0) is 48.9 Å². The second-order valence-corrected chi connectivity index (χ2v) is 4.26. The minimum Gasteiger partial charge on any atom is -0.278 e. The molecule has 0 unspecified atom stereocenters. The van der Waals surface area contributed by atoms with Crippen LogP contribution in [0.4, 0.5) is 10.1 Å². The molecular weight excluding hydrogens is 251 g/mol. The Kier molecular flexibility index (Phi) is 3.95. The molecule has 18 heavy (non-hydrogen) atoms. The van der Waals surface area contributed by atoms with E-state index in [0.717, 1.165) is 17.0 Å². The third-order valence-corrected chi connectivity index (χ3v) is 2.71. The van der Waals surface area contributed by atoms with E-state index in [1.807, 2.05) is 19.1 Å². The zero-order valence-corrected chi connectivity index (χ0v) is 10.6. The summed E-state index contributed by atoms with van der Waals surface area (Å²) in [6.45, 7) is 1.86. The van der Waals surface area contributed by atoms with Crippen LogP contribution in [0.5, 0.6) is 0 Å². The summed E-state index contributed by atoms with van der Waals surface area (Å²) < 4.78 is 12.8. The van der Waals surface area contributed by atoms with Gasteiger partial charge in [-0.3, -0.25) is 5.43 Å². The zero-order chi connectivity index (χ0) is 13.0. The summed E-state index contributed by atoms with van der Waals surface area (Å²) in [7, 11) is 0. The van der Waals surface area contributed by atoms with E-state index in [-0.39, 0.29) is 5.82 Å². The molecule has 0 amide bonds. The van der Waals surface area contributed by atoms with Crippen LogP contribution in [0.3, 0.4) is 0 Å². The van der Waals surface area contributed by atoms with Gasteiger partial charge in [0.05, 0.1) is 11.4 Å². The molecule has 92 valence electrons. The van der Waals surface area contributed by atoms with Gasteiger partial charge in [-0.25, -0.2) is 4.39 Å². The zero-order valence-electron chi connectivity index (χ0n) is 9.82. The number of hydrogen-bond donors (Lipinski definition) is 1. The van der Waals surface area contributed by atoms with Crippen LogP contribution in [-0.4, -0.2) is 5.71 Å². The minimum absolute atomic E-state index is 0.253. The highest BCUT2D eigenvalue weighted by Gasteiger charge is 1.98. The van der Waals surface area contributed by atoms with E-state index in [1.165, 1.54) is 12.1 Å². The predicted octanol–water partition coefficient (Wildman–Crippen LogP) is 4.32. The minimum atomic E-state index is -0.253. The molecule has 0 heterocycles. The third-order valence-electron chi connectivity index (χ3n) is 2.46. The van der Waals surface area contributed by atoms with Gasteiger partial charge in [-0.2, -0.15) is 5.10 Å². The lowest BCUT2D eigenvalue weighted by Gasteiger charge is -2.03. The normalized spacial score (nSPS) is 11.4. The van der Waals surface area contributed by atoms with Crippen LogP contribution < -0.4 is 5.43 Å². The fraction of sp³-hybridized carbons (Fsp3) is 0.0714. The Bertz CT molecular complexity index is 547. The van der Waals surface area contributed by atoms with Crippen LogP contribution in [0, 0.1) is 5.82 Å². The first-order chi connectivity index (χ1) is 8.65. The van der Waals surface area contributed by atoms with Gasteiger partial charge in [0.2, 0.25) is 0 Å². The van der Waals surface area contributed by atoms with Crippen LogP contribution in [0.2, 0.25) is 5.02 Å². The van der Waals surface area contributed by atoms with E-state index in [2.05, 4.69) is 10.5 Å². The van der Waals surface area contributed by atoms with Crippen molar-refractivity contribution < 1.29 is 4.39 Å². The number of hydrazone groups is 1. The van der Waals surface area contributed by atoms with E-state index in [1.54, 1.807) is 24.3 Å². The van der Waals surface area contributed by atoms with Gasteiger partial charge in [0, 0.05) is 5.02 Å². The summed E-state index contributed by atoms with van der Waals surface area (Å²) in [4.78, 5) is 0. The summed E-state index contributed by atoms with van der Waals surface area (Å²) in [5.74, 6) is -0.253. The number of nitrogens with zero attached hydrogens (tertiary/aromatic N) is 1. The lowest BCUT2D eigenvalue weighted by molar-refractivity contribution is 0.628. The number of hydrogen-bond acceptors (Lipinski definition) is 2. The van der Waals surface area contributed by atoms with Gasteiger partial charge in [0.15, 0.2) is 0 Å². The van der Waals surface area contributed by atoms with Crippen molar-refractivity contribution >= 4 is 23.0 Å². The van der Waals surface area contributed by atoms with Crippen molar-refractivity contribution in [3.05, 3.63) is 64.9 Å². The van der Waals surface area contributed by atoms with Gasteiger partial charge in [-0.15, -0.1) is 0 Å². The van der Waals surface area contributed by atoms with E-state index >= 15 is 0 Å². The Labute approximate surface area is 110 Å². The summed E-state index contributed by atoms with van der Waals surface area (Å²) >= 11 is 5.79. The number of nitrogens with one attached hydrogen (secondary N) is 1. The van der Waals surface area contributed by atoms with Crippen molar-refractivity contribution in [2.24, 2.45) is 5.10 Å². The summed E-state index contributed by atoms with van der Waals surface area (Å²) in [6, 6.07) is 13.5. The van der Waals surface area contributed by atoms with Crippen LogP contribution >= 0.6 is 11.6 Å². The average molecular weight is 263 g/mol. The largest absolute Gasteiger partial charge is 0.278 e. The maximum Gasteiger partial charge on any atom is 0.123 e. The Hall–Kier alpha value is -1.87. The molecule has 0 aliphatic rings.